The Morgan fingerprint density at radius 1 is 0.816 bits per heavy atom. The molecule has 0 radical (unpaired) electrons. The number of nitrogens with one attached hydrogen (secondary N) is 3. The minimum atomic E-state index is -0.786. The van der Waals surface area contributed by atoms with Gasteiger partial charge in [0.15, 0.2) is 0 Å². The molecule has 0 bridgehead atoms. The fraction of sp³-hybridized carbons (Fsp3) is 0.156. The van der Waals surface area contributed by atoms with Crippen molar-refractivity contribution in [3.8, 4) is 0 Å². The van der Waals surface area contributed by atoms with Gasteiger partial charge in [-0.2, -0.15) is 0 Å². The molecule has 6 heteroatoms. The number of anilines is 1. The van der Waals surface area contributed by atoms with Gasteiger partial charge in [-0.1, -0.05) is 84.9 Å². The molecule has 2 atom stereocenters. The molecule has 6 nitrogen and oxygen atoms in total. The third kappa shape index (κ3) is 8.17. The molecule has 5 N–H and O–H groups in total. The van der Waals surface area contributed by atoms with E-state index in [1.165, 1.54) is 11.1 Å². The van der Waals surface area contributed by atoms with Crippen molar-refractivity contribution in [2.24, 2.45) is 5.73 Å². The highest BCUT2D eigenvalue weighted by molar-refractivity contribution is 5.97. The van der Waals surface area contributed by atoms with Gasteiger partial charge in [0.05, 0.1) is 6.04 Å². The SMILES string of the molecule is CC(NC(=O)C(C=O)c1ccccc1)c1ccc(Cc2ccccc2)cc1.CNc1ccc(C(=N)N)cc1. The van der Waals surface area contributed by atoms with Crippen LogP contribution < -0.4 is 16.4 Å². The van der Waals surface area contributed by atoms with Gasteiger partial charge in [-0.3, -0.25) is 10.2 Å². The number of amidine groups is 1. The van der Waals surface area contributed by atoms with Crippen LogP contribution in [0, 0.1) is 5.41 Å². The molecular formula is C32H34N4O2. The van der Waals surface area contributed by atoms with E-state index in [9.17, 15) is 9.59 Å². The van der Waals surface area contributed by atoms with Crippen LogP contribution >= 0.6 is 0 Å². The summed E-state index contributed by atoms with van der Waals surface area (Å²) in [5.41, 5.74) is 11.2. The fourth-order valence-electron chi connectivity index (χ4n) is 3.91. The van der Waals surface area contributed by atoms with Crippen LogP contribution in [0.5, 0.6) is 0 Å². The van der Waals surface area contributed by atoms with Crippen molar-refractivity contribution in [1.29, 1.82) is 5.41 Å². The Labute approximate surface area is 224 Å². The molecule has 0 heterocycles. The first kappa shape index (κ1) is 27.9. The zero-order valence-corrected chi connectivity index (χ0v) is 21.7. The van der Waals surface area contributed by atoms with Crippen LogP contribution in [0.25, 0.3) is 0 Å². The zero-order valence-electron chi connectivity index (χ0n) is 21.7. The molecule has 2 unspecified atom stereocenters. The number of aldehydes is 1. The first-order valence-corrected chi connectivity index (χ1v) is 12.5. The van der Waals surface area contributed by atoms with Gasteiger partial charge in [0, 0.05) is 18.3 Å². The van der Waals surface area contributed by atoms with E-state index in [1.54, 1.807) is 12.1 Å². The Morgan fingerprint density at radius 2 is 1.37 bits per heavy atom. The molecular weight excluding hydrogens is 472 g/mol. The van der Waals surface area contributed by atoms with Crippen molar-refractivity contribution in [2.75, 3.05) is 12.4 Å². The number of carbonyl (C=O) groups is 2. The van der Waals surface area contributed by atoms with E-state index in [0.29, 0.717) is 11.8 Å². The van der Waals surface area contributed by atoms with Gasteiger partial charge in [0.2, 0.25) is 5.91 Å². The predicted octanol–water partition coefficient (Wildman–Crippen LogP) is 5.45. The molecule has 0 saturated heterocycles. The van der Waals surface area contributed by atoms with Gasteiger partial charge in [0.1, 0.15) is 18.0 Å². The quantitative estimate of drug-likeness (QED) is 0.105. The molecule has 4 aromatic carbocycles. The van der Waals surface area contributed by atoms with Gasteiger partial charge in [-0.15, -0.1) is 0 Å². The van der Waals surface area contributed by atoms with Crippen molar-refractivity contribution in [2.45, 2.75) is 25.3 Å². The predicted molar refractivity (Wildman–Crippen MR) is 154 cm³/mol. The highest BCUT2D eigenvalue weighted by Gasteiger charge is 2.21. The third-order valence-electron chi connectivity index (χ3n) is 6.15. The molecule has 0 fully saturated rings. The molecule has 0 aromatic heterocycles. The number of benzene rings is 4. The first-order valence-electron chi connectivity index (χ1n) is 12.5. The molecule has 4 aromatic rings. The zero-order chi connectivity index (χ0) is 27.3. The Balaban J connectivity index is 0.000000304. The number of rotatable bonds is 9. The molecule has 38 heavy (non-hydrogen) atoms. The molecule has 0 saturated carbocycles. The minimum absolute atomic E-state index is 0.104. The van der Waals surface area contributed by atoms with Crippen LogP contribution in [0.15, 0.2) is 109 Å². The number of hydrogen-bond acceptors (Lipinski definition) is 4. The van der Waals surface area contributed by atoms with Crippen LogP contribution in [-0.2, 0) is 16.0 Å². The number of nitrogens with two attached hydrogens (primary N) is 1. The molecule has 0 spiro atoms. The normalized spacial score (nSPS) is 11.7. The standard InChI is InChI=1S/C24H23NO2.C8H11N3/c1-18(25-24(27)23(17-26)22-10-6-3-7-11-22)21-14-12-20(13-15-21)16-19-8-4-2-5-9-19;1-11-7-4-2-6(3-5-7)8(9)10/h2-15,17-18,23H,16H2,1H3,(H,25,27);2-5,11H,1H3,(H3,9,10). The summed E-state index contributed by atoms with van der Waals surface area (Å²) in [6.45, 7) is 1.93. The summed E-state index contributed by atoms with van der Waals surface area (Å²) < 4.78 is 0. The molecule has 0 aliphatic carbocycles. The lowest BCUT2D eigenvalue weighted by Crippen LogP contribution is -2.32. The van der Waals surface area contributed by atoms with Crippen LogP contribution in [0.3, 0.4) is 0 Å². The number of nitrogen functional groups attached to an aromatic ring is 1. The summed E-state index contributed by atoms with van der Waals surface area (Å²) in [6, 6.07) is 34.9. The van der Waals surface area contributed by atoms with Crippen LogP contribution in [0.4, 0.5) is 5.69 Å². The Hall–Kier alpha value is -4.71. The first-order chi connectivity index (χ1) is 18.4. The largest absolute Gasteiger partial charge is 0.388 e. The fourth-order valence-corrected chi connectivity index (χ4v) is 3.91. The van der Waals surface area contributed by atoms with Crippen molar-refractivity contribution in [1.82, 2.24) is 5.32 Å². The van der Waals surface area contributed by atoms with Gasteiger partial charge >= 0.3 is 0 Å². The Kier molecular flexibility index (Phi) is 10.4. The third-order valence-corrected chi connectivity index (χ3v) is 6.15. The monoisotopic (exact) mass is 506 g/mol. The van der Waals surface area contributed by atoms with Crippen LogP contribution in [-0.4, -0.2) is 25.1 Å². The van der Waals surface area contributed by atoms with Crippen molar-refractivity contribution >= 4 is 23.7 Å². The summed E-state index contributed by atoms with van der Waals surface area (Å²) in [5.74, 6) is -0.962. The molecule has 0 aliphatic rings. The van der Waals surface area contributed by atoms with E-state index in [4.69, 9.17) is 11.1 Å². The smallest absolute Gasteiger partial charge is 0.235 e. The summed E-state index contributed by atoms with van der Waals surface area (Å²) in [4.78, 5) is 23.9. The van der Waals surface area contributed by atoms with E-state index in [-0.39, 0.29) is 17.8 Å². The molecule has 1 amide bonds. The van der Waals surface area contributed by atoms with Crippen molar-refractivity contribution in [3.63, 3.8) is 0 Å². The van der Waals surface area contributed by atoms with Gasteiger partial charge < -0.3 is 21.2 Å². The van der Waals surface area contributed by atoms with E-state index in [0.717, 1.165) is 23.2 Å². The van der Waals surface area contributed by atoms with Gasteiger partial charge in [0.25, 0.3) is 0 Å². The van der Waals surface area contributed by atoms with E-state index >= 15 is 0 Å². The van der Waals surface area contributed by atoms with Gasteiger partial charge in [-0.05, 0) is 59.9 Å². The second-order valence-corrected chi connectivity index (χ2v) is 8.90. The lowest BCUT2D eigenvalue weighted by molar-refractivity contribution is -0.126. The van der Waals surface area contributed by atoms with Crippen molar-refractivity contribution < 1.29 is 9.59 Å². The number of hydrogen-bond donors (Lipinski definition) is 4. The summed E-state index contributed by atoms with van der Waals surface area (Å²) in [7, 11) is 1.85. The topological polar surface area (TPSA) is 108 Å². The maximum atomic E-state index is 12.5. The maximum Gasteiger partial charge on any atom is 0.235 e. The maximum absolute atomic E-state index is 12.5. The number of carbonyl (C=O) groups excluding carboxylic acids is 2. The summed E-state index contributed by atoms with van der Waals surface area (Å²) in [5, 5.41) is 13.0. The highest BCUT2D eigenvalue weighted by atomic mass is 16.2. The van der Waals surface area contributed by atoms with E-state index in [1.807, 2.05) is 86.8 Å². The molecule has 0 aliphatic heterocycles. The van der Waals surface area contributed by atoms with Crippen molar-refractivity contribution in [3.05, 3.63) is 137 Å². The average Bonchev–Trinajstić information content (AvgIpc) is 2.95. The summed E-state index contributed by atoms with van der Waals surface area (Å²) >= 11 is 0. The average molecular weight is 507 g/mol. The lowest BCUT2D eigenvalue weighted by Gasteiger charge is -2.18. The lowest BCUT2D eigenvalue weighted by atomic mass is 9.98. The Morgan fingerprint density at radius 3 is 1.89 bits per heavy atom. The van der Waals surface area contributed by atoms with E-state index < -0.39 is 5.92 Å². The molecule has 4 rings (SSSR count). The Bertz CT molecular complexity index is 1310. The van der Waals surface area contributed by atoms with Crippen LogP contribution in [0.2, 0.25) is 0 Å². The second kappa shape index (κ2) is 14.1. The second-order valence-electron chi connectivity index (χ2n) is 8.90. The highest BCUT2D eigenvalue weighted by Crippen LogP contribution is 2.19. The van der Waals surface area contributed by atoms with Crippen LogP contribution in [0.1, 0.15) is 46.7 Å². The molecule has 194 valence electrons. The number of amides is 1. The van der Waals surface area contributed by atoms with E-state index in [2.05, 4.69) is 34.9 Å². The summed E-state index contributed by atoms with van der Waals surface area (Å²) in [6.07, 6.45) is 1.57. The minimum Gasteiger partial charge on any atom is -0.388 e. The van der Waals surface area contributed by atoms with Gasteiger partial charge in [-0.25, -0.2) is 0 Å².